The summed E-state index contributed by atoms with van der Waals surface area (Å²) in [5.41, 5.74) is 11.0. The molecular weight excluding hydrogens is 218 g/mol. The van der Waals surface area contributed by atoms with E-state index >= 15 is 0 Å². The monoisotopic (exact) mass is 232 g/mol. The average molecular weight is 232 g/mol. The third-order valence-electron chi connectivity index (χ3n) is 2.44. The van der Waals surface area contributed by atoms with Gasteiger partial charge in [0.05, 0.1) is 5.69 Å². The lowest BCUT2D eigenvalue weighted by Crippen LogP contribution is -2.36. The molecule has 0 radical (unpaired) electrons. The minimum atomic E-state index is -3.50. The van der Waals surface area contributed by atoms with E-state index in [1.807, 2.05) is 0 Å². The van der Waals surface area contributed by atoms with Gasteiger partial charge in [-0.25, -0.2) is 8.78 Å². The quantitative estimate of drug-likeness (QED) is 0.460. The van der Waals surface area contributed by atoms with Crippen LogP contribution in [0.3, 0.4) is 0 Å². The van der Waals surface area contributed by atoms with Crippen LogP contribution in [-0.4, -0.2) is 22.7 Å². The number of aliphatic hydroxyl groups excluding tert-OH is 1. The zero-order valence-corrected chi connectivity index (χ0v) is 8.74. The number of anilines is 1. The molecule has 0 unspecified atom stereocenters. The van der Waals surface area contributed by atoms with Gasteiger partial charge in [-0.3, -0.25) is 0 Å². The van der Waals surface area contributed by atoms with Gasteiger partial charge in [-0.15, -0.1) is 0 Å². The minimum Gasteiger partial charge on any atom is -0.505 e. The summed E-state index contributed by atoms with van der Waals surface area (Å²) in [5.74, 6) is -3.96. The number of aliphatic hydroxyl groups is 1. The normalized spacial score (nSPS) is 13.8. The number of hydrogen-bond donors (Lipinski definition) is 4. The van der Waals surface area contributed by atoms with Gasteiger partial charge in [0.15, 0.2) is 0 Å². The molecule has 0 aromatic heterocycles. The van der Waals surface area contributed by atoms with Crippen molar-refractivity contribution in [2.75, 3.05) is 12.3 Å². The Hall–Kier alpha value is -1.40. The number of aryl methyl sites for hydroxylation is 1. The van der Waals surface area contributed by atoms with Gasteiger partial charge in [-0.1, -0.05) is 6.07 Å². The molecule has 0 saturated heterocycles. The molecule has 0 aliphatic carbocycles. The second kappa shape index (κ2) is 4.23. The number of alkyl halides is 2. The molecule has 0 fully saturated rings. The molecule has 4 nitrogen and oxygen atoms in total. The number of phenolic OH excluding ortho intramolecular Hbond substituents is 1. The highest BCUT2D eigenvalue weighted by Gasteiger charge is 2.39. The molecule has 0 saturated carbocycles. The molecule has 1 rings (SSSR count). The Bertz CT molecular complexity index is 397. The Morgan fingerprint density at radius 2 is 2.00 bits per heavy atom. The second-order valence-electron chi connectivity index (χ2n) is 3.63. The first-order valence-electron chi connectivity index (χ1n) is 4.63. The lowest BCUT2D eigenvalue weighted by Gasteiger charge is -2.24. The Morgan fingerprint density at radius 1 is 1.44 bits per heavy atom. The first kappa shape index (κ1) is 12.7. The SMILES string of the molecule is Cc1ccc(N)c(O)c1[C@H](N)C(F)(F)CO. The van der Waals surface area contributed by atoms with Gasteiger partial charge in [0.1, 0.15) is 18.4 Å². The molecule has 0 heterocycles. The first-order valence-corrected chi connectivity index (χ1v) is 4.63. The standard InChI is InChI=1S/C10H14F2N2O2/c1-5-2-3-6(13)8(16)7(5)9(14)10(11,12)4-15/h2-3,9,15-16H,4,13-14H2,1H3/t9-/m0/s1. The van der Waals surface area contributed by atoms with E-state index in [9.17, 15) is 13.9 Å². The molecule has 0 aliphatic heterocycles. The van der Waals surface area contributed by atoms with Gasteiger partial charge in [0.25, 0.3) is 5.92 Å². The molecular formula is C10H14F2N2O2. The molecule has 6 heteroatoms. The smallest absolute Gasteiger partial charge is 0.289 e. The predicted octanol–water partition coefficient (Wildman–Crippen LogP) is 0.910. The highest BCUT2D eigenvalue weighted by Crippen LogP contribution is 2.38. The average Bonchev–Trinajstić information content (AvgIpc) is 2.24. The fourth-order valence-corrected chi connectivity index (χ4v) is 1.43. The van der Waals surface area contributed by atoms with E-state index in [1.54, 1.807) is 0 Å². The van der Waals surface area contributed by atoms with Gasteiger partial charge >= 0.3 is 0 Å². The van der Waals surface area contributed by atoms with Crippen LogP contribution in [0.2, 0.25) is 0 Å². The zero-order valence-electron chi connectivity index (χ0n) is 8.74. The summed E-state index contributed by atoms with van der Waals surface area (Å²) in [5, 5.41) is 18.1. The number of rotatable bonds is 3. The molecule has 0 bridgehead atoms. The van der Waals surface area contributed by atoms with Crippen LogP contribution >= 0.6 is 0 Å². The van der Waals surface area contributed by atoms with Gasteiger partial charge in [0, 0.05) is 5.56 Å². The summed E-state index contributed by atoms with van der Waals surface area (Å²) in [7, 11) is 0. The van der Waals surface area contributed by atoms with Crippen LogP contribution in [0.1, 0.15) is 17.2 Å². The van der Waals surface area contributed by atoms with E-state index in [0.29, 0.717) is 5.56 Å². The Labute approximate surface area is 91.5 Å². The maximum Gasteiger partial charge on any atom is 0.289 e. The van der Waals surface area contributed by atoms with E-state index in [1.165, 1.54) is 19.1 Å². The maximum atomic E-state index is 13.2. The summed E-state index contributed by atoms with van der Waals surface area (Å²) in [4.78, 5) is 0. The van der Waals surface area contributed by atoms with Crippen molar-refractivity contribution >= 4 is 5.69 Å². The molecule has 1 atom stereocenters. The molecule has 1 aromatic carbocycles. The fraction of sp³-hybridized carbons (Fsp3) is 0.400. The molecule has 0 aliphatic rings. The third kappa shape index (κ3) is 2.07. The first-order chi connectivity index (χ1) is 7.31. The maximum absolute atomic E-state index is 13.2. The van der Waals surface area contributed by atoms with E-state index in [4.69, 9.17) is 16.6 Å². The van der Waals surface area contributed by atoms with Crippen molar-refractivity contribution in [2.24, 2.45) is 5.73 Å². The number of nitrogen functional groups attached to an aromatic ring is 1. The summed E-state index contributed by atoms with van der Waals surface area (Å²) < 4.78 is 26.4. The highest BCUT2D eigenvalue weighted by molar-refractivity contribution is 5.59. The van der Waals surface area contributed by atoms with Crippen LogP contribution in [0.5, 0.6) is 5.75 Å². The molecule has 6 N–H and O–H groups in total. The van der Waals surface area contributed by atoms with E-state index in [2.05, 4.69) is 0 Å². The third-order valence-corrected chi connectivity index (χ3v) is 2.44. The van der Waals surface area contributed by atoms with Crippen molar-refractivity contribution in [2.45, 2.75) is 18.9 Å². The van der Waals surface area contributed by atoms with Crippen LogP contribution in [0, 0.1) is 6.92 Å². The van der Waals surface area contributed by atoms with Crippen LogP contribution in [0.25, 0.3) is 0 Å². The molecule has 16 heavy (non-hydrogen) atoms. The number of aromatic hydroxyl groups is 1. The Morgan fingerprint density at radius 3 is 2.50 bits per heavy atom. The van der Waals surface area contributed by atoms with Gasteiger partial charge in [-0.2, -0.15) is 0 Å². The summed E-state index contributed by atoms with van der Waals surface area (Å²) >= 11 is 0. The Kier molecular flexibility index (Phi) is 3.35. The lowest BCUT2D eigenvalue weighted by molar-refractivity contribution is -0.0717. The number of hydrogen-bond acceptors (Lipinski definition) is 4. The highest BCUT2D eigenvalue weighted by atomic mass is 19.3. The van der Waals surface area contributed by atoms with Gasteiger partial charge < -0.3 is 21.7 Å². The number of halogens is 2. The largest absolute Gasteiger partial charge is 0.505 e. The molecule has 90 valence electrons. The number of phenols is 1. The summed E-state index contributed by atoms with van der Waals surface area (Å²) in [6, 6.07) is 1.09. The van der Waals surface area contributed by atoms with Gasteiger partial charge in [-0.05, 0) is 18.6 Å². The van der Waals surface area contributed by atoms with Crippen molar-refractivity contribution in [3.8, 4) is 5.75 Å². The molecule has 1 aromatic rings. The van der Waals surface area contributed by atoms with Crippen LogP contribution < -0.4 is 11.5 Å². The molecule has 0 spiro atoms. The van der Waals surface area contributed by atoms with E-state index in [0.717, 1.165) is 0 Å². The van der Waals surface area contributed by atoms with Crippen molar-refractivity contribution in [1.82, 2.24) is 0 Å². The zero-order chi connectivity index (χ0) is 12.5. The second-order valence-corrected chi connectivity index (χ2v) is 3.63. The van der Waals surface area contributed by atoms with Crippen molar-refractivity contribution < 1.29 is 19.0 Å². The number of nitrogens with two attached hydrogens (primary N) is 2. The van der Waals surface area contributed by atoms with E-state index in [-0.39, 0.29) is 11.3 Å². The van der Waals surface area contributed by atoms with Crippen molar-refractivity contribution in [1.29, 1.82) is 0 Å². The predicted molar refractivity (Wildman–Crippen MR) is 56.2 cm³/mol. The fourth-order valence-electron chi connectivity index (χ4n) is 1.43. The van der Waals surface area contributed by atoms with E-state index < -0.39 is 24.3 Å². The van der Waals surface area contributed by atoms with Gasteiger partial charge in [0.2, 0.25) is 0 Å². The topological polar surface area (TPSA) is 92.5 Å². The number of benzene rings is 1. The van der Waals surface area contributed by atoms with Crippen LogP contribution in [0.15, 0.2) is 12.1 Å². The lowest BCUT2D eigenvalue weighted by atomic mass is 9.95. The molecule has 0 amide bonds. The van der Waals surface area contributed by atoms with Crippen LogP contribution in [-0.2, 0) is 0 Å². The summed E-state index contributed by atoms with van der Waals surface area (Å²) in [6.07, 6.45) is 0. The van der Waals surface area contributed by atoms with Crippen molar-refractivity contribution in [3.05, 3.63) is 23.3 Å². The van der Waals surface area contributed by atoms with Crippen LogP contribution in [0.4, 0.5) is 14.5 Å². The minimum absolute atomic E-state index is 0.0233. The van der Waals surface area contributed by atoms with Crippen molar-refractivity contribution in [3.63, 3.8) is 0 Å². The Balaban J connectivity index is 3.28. The summed E-state index contributed by atoms with van der Waals surface area (Å²) in [6.45, 7) is 0.143.